The molecule has 1 unspecified atom stereocenters. The molecule has 1 amide bonds. The number of hydrogen-bond donors (Lipinski definition) is 1. The van der Waals surface area contributed by atoms with Gasteiger partial charge in [-0.3, -0.25) is 9.78 Å². The van der Waals surface area contributed by atoms with Crippen molar-refractivity contribution in [1.29, 1.82) is 0 Å². The first-order valence-electron chi connectivity index (χ1n) is 7.43. The number of fused-ring (bicyclic) bond motifs is 1. The average Bonchev–Trinajstić information content (AvgIpc) is 2.92. The van der Waals surface area contributed by atoms with Crippen LogP contribution in [0.5, 0.6) is 0 Å². The van der Waals surface area contributed by atoms with Gasteiger partial charge in [-0.05, 0) is 25.5 Å². The maximum absolute atomic E-state index is 11.5. The first-order chi connectivity index (χ1) is 10.1. The Morgan fingerprint density at radius 2 is 2.24 bits per heavy atom. The van der Waals surface area contributed by atoms with Crippen molar-refractivity contribution in [2.45, 2.75) is 45.1 Å². The Hall–Kier alpha value is -2.17. The molecule has 21 heavy (non-hydrogen) atoms. The lowest BCUT2D eigenvalue weighted by molar-refractivity contribution is -0.116. The molecule has 1 aliphatic rings. The summed E-state index contributed by atoms with van der Waals surface area (Å²) in [6, 6.07) is 7.97. The standard InChI is InChI=1S/C16H20N4O/c1-3-8-16(2,12-6-4-5-9-17-12)13-11-14-18-15(21)7-10-20(14)19-13/h4-6,9,11H,3,7-8,10H2,1-2H3,(H,18,21). The van der Waals surface area contributed by atoms with Crippen LogP contribution in [0.3, 0.4) is 0 Å². The van der Waals surface area contributed by atoms with Crippen LogP contribution in [0.25, 0.3) is 0 Å². The summed E-state index contributed by atoms with van der Waals surface area (Å²) in [4.78, 5) is 16.0. The van der Waals surface area contributed by atoms with E-state index in [-0.39, 0.29) is 11.3 Å². The zero-order chi connectivity index (χ0) is 14.9. The van der Waals surface area contributed by atoms with Crippen molar-refractivity contribution in [1.82, 2.24) is 14.8 Å². The molecule has 3 heterocycles. The molecule has 0 bridgehead atoms. The third-order valence-electron chi connectivity index (χ3n) is 4.14. The minimum absolute atomic E-state index is 0.0592. The van der Waals surface area contributed by atoms with Gasteiger partial charge in [0.05, 0.1) is 23.3 Å². The fourth-order valence-corrected chi connectivity index (χ4v) is 2.95. The van der Waals surface area contributed by atoms with Crippen LogP contribution >= 0.6 is 0 Å². The van der Waals surface area contributed by atoms with Crippen molar-refractivity contribution in [3.8, 4) is 0 Å². The number of amides is 1. The van der Waals surface area contributed by atoms with E-state index in [0.717, 1.165) is 30.0 Å². The summed E-state index contributed by atoms with van der Waals surface area (Å²) < 4.78 is 1.88. The van der Waals surface area contributed by atoms with Crippen molar-refractivity contribution >= 4 is 11.7 Å². The first-order valence-corrected chi connectivity index (χ1v) is 7.43. The van der Waals surface area contributed by atoms with Crippen LogP contribution in [-0.4, -0.2) is 20.7 Å². The van der Waals surface area contributed by atoms with Gasteiger partial charge < -0.3 is 5.32 Å². The second-order valence-electron chi connectivity index (χ2n) is 5.73. The minimum atomic E-state index is -0.231. The van der Waals surface area contributed by atoms with E-state index in [2.05, 4.69) is 24.1 Å². The molecule has 0 aromatic carbocycles. The molecule has 2 aromatic heterocycles. The average molecular weight is 284 g/mol. The monoisotopic (exact) mass is 284 g/mol. The van der Waals surface area contributed by atoms with E-state index in [1.54, 1.807) is 0 Å². The Bertz CT molecular complexity index is 650. The summed E-state index contributed by atoms with van der Waals surface area (Å²) in [5.41, 5.74) is 1.76. The van der Waals surface area contributed by atoms with Gasteiger partial charge in [0.2, 0.25) is 5.91 Å². The number of hydrogen-bond acceptors (Lipinski definition) is 3. The van der Waals surface area contributed by atoms with Crippen LogP contribution in [0.1, 0.15) is 44.5 Å². The molecule has 0 saturated heterocycles. The van der Waals surface area contributed by atoms with Gasteiger partial charge in [0, 0.05) is 18.7 Å². The van der Waals surface area contributed by atoms with Crippen molar-refractivity contribution in [2.24, 2.45) is 0 Å². The molecule has 110 valence electrons. The van der Waals surface area contributed by atoms with E-state index in [0.29, 0.717) is 13.0 Å². The largest absolute Gasteiger partial charge is 0.311 e. The fraction of sp³-hybridized carbons (Fsp3) is 0.438. The molecule has 2 aromatic rings. The Labute approximate surface area is 124 Å². The minimum Gasteiger partial charge on any atom is -0.311 e. The lowest BCUT2D eigenvalue weighted by Gasteiger charge is -2.26. The predicted molar refractivity (Wildman–Crippen MR) is 81.1 cm³/mol. The van der Waals surface area contributed by atoms with Gasteiger partial charge in [0.25, 0.3) is 0 Å². The molecule has 1 atom stereocenters. The molecule has 1 aliphatic heterocycles. The molecular formula is C16H20N4O. The van der Waals surface area contributed by atoms with Crippen LogP contribution in [0, 0.1) is 0 Å². The number of aromatic nitrogens is 3. The third-order valence-corrected chi connectivity index (χ3v) is 4.14. The van der Waals surface area contributed by atoms with Crippen molar-refractivity contribution in [2.75, 3.05) is 5.32 Å². The molecular weight excluding hydrogens is 264 g/mol. The van der Waals surface area contributed by atoms with Gasteiger partial charge >= 0.3 is 0 Å². The first kappa shape index (κ1) is 13.8. The SMILES string of the molecule is CCCC(C)(c1ccccn1)c1cc2n(n1)CCC(=O)N2. The lowest BCUT2D eigenvalue weighted by atomic mass is 9.79. The Morgan fingerprint density at radius 3 is 2.95 bits per heavy atom. The van der Waals surface area contributed by atoms with E-state index in [1.807, 2.05) is 35.1 Å². The normalized spacial score (nSPS) is 17.0. The summed E-state index contributed by atoms with van der Waals surface area (Å²) in [6.45, 7) is 4.99. The second-order valence-corrected chi connectivity index (χ2v) is 5.73. The maximum atomic E-state index is 11.5. The number of nitrogens with zero attached hydrogens (tertiary/aromatic N) is 3. The van der Waals surface area contributed by atoms with Crippen molar-refractivity contribution in [3.05, 3.63) is 41.9 Å². The number of aryl methyl sites for hydroxylation is 1. The van der Waals surface area contributed by atoms with E-state index in [9.17, 15) is 4.79 Å². The molecule has 1 N–H and O–H groups in total. The number of carbonyl (C=O) groups excluding carboxylic acids is 1. The lowest BCUT2D eigenvalue weighted by Crippen LogP contribution is -2.26. The highest BCUT2D eigenvalue weighted by atomic mass is 16.1. The van der Waals surface area contributed by atoms with Crippen molar-refractivity contribution < 1.29 is 4.79 Å². The van der Waals surface area contributed by atoms with Gasteiger partial charge in [-0.1, -0.05) is 19.4 Å². The highest BCUT2D eigenvalue weighted by molar-refractivity contribution is 5.91. The predicted octanol–water partition coefficient (Wildman–Crippen LogP) is 2.73. The molecule has 5 nitrogen and oxygen atoms in total. The molecule has 5 heteroatoms. The highest BCUT2D eigenvalue weighted by Gasteiger charge is 2.33. The van der Waals surface area contributed by atoms with E-state index in [1.165, 1.54) is 0 Å². The number of anilines is 1. The van der Waals surface area contributed by atoms with Crippen molar-refractivity contribution in [3.63, 3.8) is 0 Å². The topological polar surface area (TPSA) is 59.8 Å². The number of pyridine rings is 1. The number of rotatable bonds is 4. The number of carbonyl (C=O) groups is 1. The fourth-order valence-electron chi connectivity index (χ4n) is 2.95. The van der Waals surface area contributed by atoms with Gasteiger partial charge in [0.15, 0.2) is 0 Å². The van der Waals surface area contributed by atoms with Gasteiger partial charge in [-0.25, -0.2) is 4.68 Å². The van der Waals surface area contributed by atoms with Gasteiger partial charge in [0.1, 0.15) is 5.82 Å². The maximum Gasteiger partial charge on any atom is 0.227 e. The van der Waals surface area contributed by atoms with Gasteiger partial charge in [-0.15, -0.1) is 0 Å². The summed E-state index contributed by atoms with van der Waals surface area (Å²) >= 11 is 0. The van der Waals surface area contributed by atoms with Crippen LogP contribution in [0.2, 0.25) is 0 Å². The van der Waals surface area contributed by atoms with Crippen LogP contribution in [0.4, 0.5) is 5.82 Å². The zero-order valence-corrected chi connectivity index (χ0v) is 12.5. The molecule has 0 saturated carbocycles. The molecule has 3 rings (SSSR count). The summed E-state index contributed by atoms with van der Waals surface area (Å²) in [6.07, 6.45) is 4.32. The molecule has 0 fully saturated rings. The Balaban J connectivity index is 2.04. The highest BCUT2D eigenvalue weighted by Crippen LogP contribution is 2.36. The van der Waals surface area contributed by atoms with Crippen LogP contribution in [0.15, 0.2) is 30.5 Å². The van der Waals surface area contributed by atoms with E-state index >= 15 is 0 Å². The van der Waals surface area contributed by atoms with E-state index < -0.39 is 0 Å². The van der Waals surface area contributed by atoms with Crippen LogP contribution < -0.4 is 5.32 Å². The quantitative estimate of drug-likeness (QED) is 0.939. The summed E-state index contributed by atoms with van der Waals surface area (Å²) in [5.74, 6) is 0.850. The number of nitrogens with one attached hydrogen (secondary N) is 1. The summed E-state index contributed by atoms with van der Waals surface area (Å²) in [5, 5.41) is 7.60. The Morgan fingerprint density at radius 1 is 1.38 bits per heavy atom. The molecule has 0 aliphatic carbocycles. The van der Waals surface area contributed by atoms with Gasteiger partial charge in [-0.2, -0.15) is 5.10 Å². The van der Waals surface area contributed by atoms with E-state index in [4.69, 9.17) is 5.10 Å². The summed E-state index contributed by atoms with van der Waals surface area (Å²) in [7, 11) is 0. The Kier molecular flexibility index (Phi) is 3.49. The molecule has 0 radical (unpaired) electrons. The molecule has 0 spiro atoms. The second kappa shape index (κ2) is 5.31. The van der Waals surface area contributed by atoms with Crippen LogP contribution in [-0.2, 0) is 16.8 Å². The smallest absolute Gasteiger partial charge is 0.227 e. The zero-order valence-electron chi connectivity index (χ0n) is 12.5. The third kappa shape index (κ3) is 2.44.